The number of H-pyrrole nitrogens is 1. The molecule has 2 N–H and O–H groups in total. The van der Waals surface area contributed by atoms with Crippen molar-refractivity contribution in [3.63, 3.8) is 0 Å². The Morgan fingerprint density at radius 3 is 2.74 bits per heavy atom. The number of nitrogens with zero attached hydrogens (tertiary/aromatic N) is 5. The molecule has 0 saturated carbocycles. The maximum atomic E-state index is 12.4. The van der Waals surface area contributed by atoms with Crippen LogP contribution in [0, 0.1) is 11.3 Å². The van der Waals surface area contributed by atoms with E-state index in [-0.39, 0.29) is 29.6 Å². The van der Waals surface area contributed by atoms with Gasteiger partial charge in [0.2, 0.25) is 5.95 Å². The lowest BCUT2D eigenvalue weighted by Crippen LogP contribution is -2.16. The van der Waals surface area contributed by atoms with Crippen LogP contribution < -0.4 is 15.7 Å². The van der Waals surface area contributed by atoms with Crippen molar-refractivity contribution < 1.29 is 14.3 Å². The van der Waals surface area contributed by atoms with E-state index in [1.165, 1.54) is 24.1 Å². The van der Waals surface area contributed by atoms with Crippen LogP contribution in [0.4, 0.5) is 5.95 Å². The Labute approximate surface area is 199 Å². The first-order chi connectivity index (χ1) is 17.1. The summed E-state index contributed by atoms with van der Waals surface area (Å²) in [4.78, 5) is 30.8. The maximum absolute atomic E-state index is 12.4. The van der Waals surface area contributed by atoms with Crippen molar-refractivity contribution in [3.8, 4) is 23.1 Å². The second-order valence-electron chi connectivity index (χ2n) is 7.03. The van der Waals surface area contributed by atoms with Gasteiger partial charge in [0.1, 0.15) is 17.4 Å². The Morgan fingerprint density at radius 2 is 1.97 bits per heavy atom. The summed E-state index contributed by atoms with van der Waals surface area (Å²) in [5.41, 5.74) is 3.73. The van der Waals surface area contributed by atoms with Crippen LogP contribution in [0.25, 0.3) is 11.3 Å². The van der Waals surface area contributed by atoms with Gasteiger partial charge >= 0.3 is 5.97 Å². The molecule has 0 amide bonds. The molecule has 11 heteroatoms. The van der Waals surface area contributed by atoms with Crippen LogP contribution in [0.5, 0.6) is 5.75 Å². The average molecular weight is 469 g/mol. The quantitative estimate of drug-likeness (QED) is 0.227. The molecule has 35 heavy (non-hydrogen) atoms. The molecular weight excluding hydrogens is 450 g/mol. The van der Waals surface area contributed by atoms with Crippen LogP contribution in [0.3, 0.4) is 0 Å². The third-order valence-electron chi connectivity index (χ3n) is 4.76. The van der Waals surface area contributed by atoms with Crippen molar-refractivity contribution in [3.05, 3.63) is 94.0 Å². The molecule has 2 aromatic heterocycles. The molecule has 0 spiro atoms. The van der Waals surface area contributed by atoms with Crippen LogP contribution in [0.2, 0.25) is 0 Å². The minimum Gasteiger partial charge on any atom is -0.471 e. The minimum atomic E-state index is -0.576. The molecule has 0 aliphatic rings. The Balaban J connectivity index is 1.49. The van der Waals surface area contributed by atoms with Gasteiger partial charge in [-0.1, -0.05) is 42.5 Å². The number of esters is 1. The fourth-order valence-electron chi connectivity index (χ4n) is 3.10. The Bertz CT molecular complexity index is 1470. The molecule has 2 heterocycles. The van der Waals surface area contributed by atoms with Gasteiger partial charge in [-0.15, -0.1) is 0 Å². The van der Waals surface area contributed by atoms with Crippen molar-refractivity contribution in [2.75, 3.05) is 12.5 Å². The summed E-state index contributed by atoms with van der Waals surface area (Å²) in [6.45, 7) is 0.0558. The number of rotatable bonds is 8. The highest BCUT2D eigenvalue weighted by Gasteiger charge is 2.13. The highest BCUT2D eigenvalue weighted by Crippen LogP contribution is 2.20. The Morgan fingerprint density at radius 1 is 1.20 bits per heavy atom. The monoisotopic (exact) mass is 469 g/mol. The van der Waals surface area contributed by atoms with Gasteiger partial charge in [0.25, 0.3) is 5.56 Å². The number of aromatic nitrogens is 4. The number of hydrogen-bond donors (Lipinski definition) is 2. The molecule has 0 aliphatic heterocycles. The Kier molecular flexibility index (Phi) is 6.94. The van der Waals surface area contributed by atoms with Gasteiger partial charge < -0.3 is 9.47 Å². The molecule has 11 nitrogen and oxygen atoms in total. The lowest BCUT2D eigenvalue weighted by atomic mass is 10.1. The van der Waals surface area contributed by atoms with E-state index in [9.17, 15) is 14.9 Å². The fourth-order valence-corrected chi connectivity index (χ4v) is 3.10. The van der Waals surface area contributed by atoms with Crippen molar-refractivity contribution in [2.24, 2.45) is 5.10 Å². The van der Waals surface area contributed by atoms with Crippen LogP contribution in [-0.4, -0.2) is 39.0 Å². The molecule has 0 saturated heterocycles. The first-order valence-electron chi connectivity index (χ1n) is 10.3. The van der Waals surface area contributed by atoms with Crippen molar-refractivity contribution >= 4 is 18.1 Å². The zero-order valence-corrected chi connectivity index (χ0v) is 18.5. The Hall–Kier alpha value is -5.24. The molecule has 4 rings (SSSR count). The van der Waals surface area contributed by atoms with E-state index in [1.54, 1.807) is 48.7 Å². The van der Waals surface area contributed by atoms with E-state index in [0.717, 1.165) is 0 Å². The fraction of sp³-hybridized carbons (Fsp3) is 0.0833. The summed E-state index contributed by atoms with van der Waals surface area (Å²) in [5.74, 6) is 0.0565. The van der Waals surface area contributed by atoms with Gasteiger partial charge in [-0.2, -0.15) is 15.5 Å². The summed E-state index contributed by atoms with van der Waals surface area (Å²) < 4.78 is 11.9. The van der Waals surface area contributed by atoms with Gasteiger partial charge in [0.15, 0.2) is 12.4 Å². The molecule has 0 atom stereocenters. The molecule has 0 bridgehead atoms. The van der Waals surface area contributed by atoms with Crippen molar-refractivity contribution in [1.29, 1.82) is 5.26 Å². The lowest BCUT2D eigenvalue weighted by Gasteiger charge is -2.09. The predicted molar refractivity (Wildman–Crippen MR) is 127 cm³/mol. The number of nitrogens with one attached hydrogen (secondary N) is 2. The molecule has 0 aliphatic carbocycles. The second kappa shape index (κ2) is 10.6. The zero-order valence-electron chi connectivity index (χ0n) is 18.5. The van der Waals surface area contributed by atoms with Crippen molar-refractivity contribution in [2.45, 2.75) is 6.73 Å². The lowest BCUT2D eigenvalue weighted by molar-refractivity contribution is 0.0592. The highest BCUT2D eigenvalue weighted by atomic mass is 16.5. The average Bonchev–Trinajstić information content (AvgIpc) is 3.37. The number of carbonyl (C=O) groups is 1. The van der Waals surface area contributed by atoms with E-state index >= 15 is 0 Å². The van der Waals surface area contributed by atoms with Crippen LogP contribution in [0.1, 0.15) is 21.6 Å². The topological polar surface area (TPSA) is 147 Å². The number of carbonyl (C=O) groups excluding carboxylic acids is 1. The summed E-state index contributed by atoms with van der Waals surface area (Å²) in [6.07, 6.45) is 3.10. The van der Waals surface area contributed by atoms with E-state index in [4.69, 9.17) is 4.74 Å². The normalized spacial score (nSPS) is 10.6. The summed E-state index contributed by atoms with van der Waals surface area (Å²) in [5, 5.41) is 17.6. The van der Waals surface area contributed by atoms with E-state index in [2.05, 4.69) is 30.3 Å². The third-order valence-corrected chi connectivity index (χ3v) is 4.76. The van der Waals surface area contributed by atoms with Gasteiger partial charge in [-0.25, -0.2) is 19.9 Å². The van der Waals surface area contributed by atoms with Crippen LogP contribution >= 0.6 is 0 Å². The highest BCUT2D eigenvalue weighted by molar-refractivity contribution is 5.86. The first-order valence-corrected chi connectivity index (χ1v) is 10.3. The summed E-state index contributed by atoms with van der Waals surface area (Å²) >= 11 is 0. The number of hydrazone groups is 1. The third kappa shape index (κ3) is 5.40. The summed E-state index contributed by atoms with van der Waals surface area (Å²) in [7, 11) is 1.28. The number of nitriles is 1. The number of methoxy groups -OCH3 is 1. The van der Waals surface area contributed by atoms with Gasteiger partial charge in [0, 0.05) is 17.3 Å². The van der Waals surface area contributed by atoms with E-state index in [1.807, 2.05) is 18.2 Å². The molecule has 174 valence electrons. The SMILES string of the molecule is COC(=O)c1ccn(COc2ccccc2C=NNc2nc(-c3ccccc3)c(C#N)c(=O)[nH]2)n1. The number of ether oxygens (including phenoxy) is 2. The second-order valence-corrected chi connectivity index (χ2v) is 7.03. The molecule has 0 unspecified atom stereocenters. The number of hydrogen-bond acceptors (Lipinski definition) is 9. The van der Waals surface area contributed by atoms with Gasteiger partial charge in [-0.05, 0) is 18.2 Å². The van der Waals surface area contributed by atoms with E-state index in [0.29, 0.717) is 16.9 Å². The number of para-hydroxylation sites is 1. The van der Waals surface area contributed by atoms with Crippen LogP contribution in [0.15, 0.2) is 76.8 Å². The predicted octanol–water partition coefficient (Wildman–Crippen LogP) is 2.77. The van der Waals surface area contributed by atoms with Crippen molar-refractivity contribution in [1.82, 2.24) is 19.7 Å². The van der Waals surface area contributed by atoms with Crippen LogP contribution in [-0.2, 0) is 11.5 Å². The van der Waals surface area contributed by atoms with Gasteiger partial charge in [-0.3, -0.25) is 9.78 Å². The number of anilines is 1. The molecular formula is C24H19N7O4. The number of aromatic amines is 1. The molecule has 0 fully saturated rings. The molecule has 2 aromatic carbocycles. The summed E-state index contributed by atoms with van der Waals surface area (Å²) in [6, 6.07) is 19.5. The zero-order chi connectivity index (χ0) is 24.6. The minimum absolute atomic E-state index is 0.0558. The maximum Gasteiger partial charge on any atom is 0.358 e. The standard InChI is InChI=1S/C24H19N7O4/c1-34-23(33)19-11-12-31(30-19)15-35-20-10-6-5-9-17(20)14-26-29-24-27-21(16-7-3-2-4-8-16)18(13-25)22(32)28-24/h2-12,14H,15H2,1H3,(H2,27,28,29,32). The first kappa shape index (κ1) is 22.9. The molecule has 4 aromatic rings. The number of benzene rings is 2. The van der Waals surface area contributed by atoms with E-state index < -0.39 is 11.5 Å². The molecule has 0 radical (unpaired) electrons. The van der Waals surface area contributed by atoms with Gasteiger partial charge in [0.05, 0.1) is 19.0 Å². The largest absolute Gasteiger partial charge is 0.471 e. The smallest absolute Gasteiger partial charge is 0.358 e.